The minimum atomic E-state index is 0.198. The summed E-state index contributed by atoms with van der Waals surface area (Å²) >= 11 is 0. The molecule has 0 bridgehead atoms. The summed E-state index contributed by atoms with van der Waals surface area (Å²) in [5.41, 5.74) is 0. The van der Waals surface area contributed by atoms with Gasteiger partial charge in [-0.2, -0.15) is 0 Å². The zero-order valence-corrected chi connectivity index (χ0v) is 9.95. The Balaban J connectivity index is 2.37. The molecule has 4 heteroatoms. The minimum Gasteiger partial charge on any atom is -0.381 e. The van der Waals surface area contributed by atoms with E-state index in [1.807, 2.05) is 11.8 Å². The van der Waals surface area contributed by atoms with Crippen molar-refractivity contribution in [3.63, 3.8) is 0 Å². The molecule has 0 aromatic heterocycles. The Morgan fingerprint density at radius 3 is 2.87 bits per heavy atom. The minimum absolute atomic E-state index is 0.198. The van der Waals surface area contributed by atoms with Crippen LogP contribution in [0, 0.1) is 11.8 Å². The van der Waals surface area contributed by atoms with Crippen LogP contribution < -0.4 is 5.32 Å². The van der Waals surface area contributed by atoms with E-state index in [-0.39, 0.29) is 5.91 Å². The number of amides is 1. The van der Waals surface area contributed by atoms with Crippen molar-refractivity contribution in [2.75, 3.05) is 39.9 Å². The highest BCUT2D eigenvalue weighted by Crippen LogP contribution is 2.23. The molecule has 4 nitrogen and oxygen atoms in total. The monoisotopic (exact) mass is 214 g/mol. The third-order valence-corrected chi connectivity index (χ3v) is 2.98. The lowest BCUT2D eigenvalue weighted by molar-refractivity contribution is -0.129. The summed E-state index contributed by atoms with van der Waals surface area (Å²) in [6.07, 6.45) is 0. The molecule has 88 valence electrons. The highest BCUT2D eigenvalue weighted by atomic mass is 16.5. The fourth-order valence-corrected chi connectivity index (χ4v) is 1.99. The van der Waals surface area contributed by atoms with E-state index < -0.39 is 0 Å². The molecule has 2 atom stereocenters. The standard InChI is InChI=1S/C11H22N2O2/c1-4-15-8-10-7-13(6-9(10)2)11(14)5-12-3/h9-10,12H,4-8H2,1-3H3/t9-,10-/m1/s1. The SMILES string of the molecule is CCOC[C@H]1CN(C(=O)CNC)C[C@H]1C. The Labute approximate surface area is 92.0 Å². The molecule has 15 heavy (non-hydrogen) atoms. The maximum atomic E-state index is 11.6. The quantitative estimate of drug-likeness (QED) is 0.717. The second kappa shape index (κ2) is 6.08. The number of likely N-dealkylation sites (tertiary alicyclic amines) is 1. The first-order valence-corrected chi connectivity index (χ1v) is 5.69. The van der Waals surface area contributed by atoms with Gasteiger partial charge >= 0.3 is 0 Å². The van der Waals surface area contributed by atoms with E-state index in [4.69, 9.17) is 4.74 Å². The van der Waals surface area contributed by atoms with Crippen molar-refractivity contribution in [3.8, 4) is 0 Å². The van der Waals surface area contributed by atoms with E-state index in [0.717, 1.165) is 26.3 Å². The van der Waals surface area contributed by atoms with Crippen LogP contribution in [0.3, 0.4) is 0 Å². The number of hydrogen-bond donors (Lipinski definition) is 1. The number of nitrogens with zero attached hydrogens (tertiary/aromatic N) is 1. The third-order valence-electron chi connectivity index (χ3n) is 2.98. The summed E-state index contributed by atoms with van der Waals surface area (Å²) in [7, 11) is 1.80. The van der Waals surface area contributed by atoms with Crippen molar-refractivity contribution in [3.05, 3.63) is 0 Å². The first-order valence-electron chi connectivity index (χ1n) is 5.69. The summed E-state index contributed by atoms with van der Waals surface area (Å²) in [4.78, 5) is 13.6. The highest BCUT2D eigenvalue weighted by Gasteiger charge is 2.31. The first kappa shape index (κ1) is 12.5. The van der Waals surface area contributed by atoms with Gasteiger partial charge in [-0.25, -0.2) is 0 Å². The summed E-state index contributed by atoms with van der Waals surface area (Å²) in [5.74, 6) is 1.26. The number of rotatable bonds is 5. The van der Waals surface area contributed by atoms with Gasteiger partial charge in [0.2, 0.25) is 5.91 Å². The summed E-state index contributed by atoms with van der Waals surface area (Å²) < 4.78 is 5.42. The molecular formula is C11H22N2O2. The molecule has 1 amide bonds. The molecule has 1 rings (SSSR count). The summed E-state index contributed by atoms with van der Waals surface area (Å²) in [6, 6.07) is 0. The lowest BCUT2D eigenvalue weighted by Crippen LogP contribution is -2.35. The number of carbonyl (C=O) groups excluding carboxylic acids is 1. The predicted molar refractivity (Wildman–Crippen MR) is 59.7 cm³/mol. The van der Waals surface area contributed by atoms with Gasteiger partial charge in [0.25, 0.3) is 0 Å². The van der Waals surface area contributed by atoms with E-state index in [1.165, 1.54) is 0 Å². The summed E-state index contributed by atoms with van der Waals surface area (Å²) in [6.45, 7) is 7.89. The summed E-state index contributed by atoms with van der Waals surface area (Å²) in [5, 5.41) is 2.89. The Morgan fingerprint density at radius 1 is 1.53 bits per heavy atom. The predicted octanol–water partition coefficient (Wildman–Crippen LogP) is 0.337. The molecule has 1 aliphatic rings. The number of hydrogen-bond acceptors (Lipinski definition) is 3. The fraction of sp³-hybridized carbons (Fsp3) is 0.909. The molecule has 0 spiro atoms. The average molecular weight is 214 g/mol. The number of carbonyl (C=O) groups is 1. The van der Waals surface area contributed by atoms with Crippen LogP contribution in [0.25, 0.3) is 0 Å². The van der Waals surface area contributed by atoms with E-state index in [0.29, 0.717) is 18.4 Å². The van der Waals surface area contributed by atoms with Crippen molar-refractivity contribution in [2.24, 2.45) is 11.8 Å². The Bertz CT molecular complexity index is 209. The molecule has 0 radical (unpaired) electrons. The molecule has 1 heterocycles. The molecule has 0 aromatic rings. The van der Waals surface area contributed by atoms with Crippen molar-refractivity contribution in [1.29, 1.82) is 0 Å². The number of ether oxygens (including phenoxy) is 1. The van der Waals surface area contributed by atoms with Crippen LogP contribution in [-0.4, -0.2) is 50.7 Å². The van der Waals surface area contributed by atoms with Crippen LogP contribution in [0.5, 0.6) is 0 Å². The van der Waals surface area contributed by atoms with Gasteiger partial charge in [-0.15, -0.1) is 0 Å². The Morgan fingerprint density at radius 2 is 2.27 bits per heavy atom. The van der Waals surface area contributed by atoms with Crippen molar-refractivity contribution in [1.82, 2.24) is 10.2 Å². The van der Waals surface area contributed by atoms with Gasteiger partial charge in [-0.3, -0.25) is 4.79 Å². The van der Waals surface area contributed by atoms with Crippen LogP contribution in [0.1, 0.15) is 13.8 Å². The second-order valence-corrected chi connectivity index (χ2v) is 4.23. The van der Waals surface area contributed by atoms with Crippen LogP contribution in [-0.2, 0) is 9.53 Å². The molecule has 0 aromatic carbocycles. The average Bonchev–Trinajstić information content (AvgIpc) is 2.57. The normalized spacial score (nSPS) is 25.9. The zero-order valence-electron chi connectivity index (χ0n) is 9.95. The van der Waals surface area contributed by atoms with E-state index in [1.54, 1.807) is 7.05 Å². The van der Waals surface area contributed by atoms with Crippen molar-refractivity contribution in [2.45, 2.75) is 13.8 Å². The van der Waals surface area contributed by atoms with Crippen LogP contribution in [0.15, 0.2) is 0 Å². The van der Waals surface area contributed by atoms with E-state index in [9.17, 15) is 4.79 Å². The topological polar surface area (TPSA) is 41.6 Å². The number of nitrogens with one attached hydrogen (secondary N) is 1. The largest absolute Gasteiger partial charge is 0.381 e. The molecule has 1 aliphatic heterocycles. The Hall–Kier alpha value is -0.610. The molecule has 1 saturated heterocycles. The highest BCUT2D eigenvalue weighted by molar-refractivity contribution is 5.78. The second-order valence-electron chi connectivity index (χ2n) is 4.23. The van der Waals surface area contributed by atoms with Crippen LogP contribution in [0.2, 0.25) is 0 Å². The van der Waals surface area contributed by atoms with Gasteiger partial charge < -0.3 is 15.0 Å². The molecule has 0 saturated carbocycles. The van der Waals surface area contributed by atoms with Gasteiger partial charge in [0.15, 0.2) is 0 Å². The van der Waals surface area contributed by atoms with Crippen molar-refractivity contribution >= 4 is 5.91 Å². The van der Waals surface area contributed by atoms with Gasteiger partial charge in [0.1, 0.15) is 0 Å². The Kier molecular flexibility index (Phi) is 5.05. The first-order chi connectivity index (χ1) is 7.19. The fourth-order valence-electron chi connectivity index (χ4n) is 1.99. The zero-order chi connectivity index (χ0) is 11.3. The van der Waals surface area contributed by atoms with Crippen LogP contribution in [0.4, 0.5) is 0 Å². The smallest absolute Gasteiger partial charge is 0.236 e. The molecule has 1 N–H and O–H groups in total. The van der Waals surface area contributed by atoms with Crippen LogP contribution >= 0.6 is 0 Å². The molecule has 1 fully saturated rings. The third kappa shape index (κ3) is 3.47. The maximum Gasteiger partial charge on any atom is 0.236 e. The van der Waals surface area contributed by atoms with Gasteiger partial charge in [-0.1, -0.05) is 6.92 Å². The molecule has 0 aliphatic carbocycles. The molecular weight excluding hydrogens is 192 g/mol. The van der Waals surface area contributed by atoms with Gasteiger partial charge in [0.05, 0.1) is 13.2 Å². The van der Waals surface area contributed by atoms with Gasteiger partial charge in [0, 0.05) is 25.6 Å². The van der Waals surface area contributed by atoms with Crippen molar-refractivity contribution < 1.29 is 9.53 Å². The lowest BCUT2D eigenvalue weighted by Gasteiger charge is -2.16. The maximum absolute atomic E-state index is 11.6. The molecule has 0 unspecified atom stereocenters. The van der Waals surface area contributed by atoms with E-state index in [2.05, 4.69) is 12.2 Å². The number of likely N-dealkylation sites (N-methyl/N-ethyl adjacent to an activating group) is 1. The van der Waals surface area contributed by atoms with E-state index >= 15 is 0 Å². The lowest BCUT2D eigenvalue weighted by atomic mass is 9.99. The van der Waals surface area contributed by atoms with Gasteiger partial charge in [-0.05, 0) is 19.9 Å².